The molecule has 1 atom stereocenters. The molecule has 104 valence electrons. The van der Waals surface area contributed by atoms with E-state index < -0.39 is 0 Å². The third-order valence-electron chi connectivity index (χ3n) is 3.15. The Bertz CT molecular complexity index is 148. The van der Waals surface area contributed by atoms with Crippen LogP contribution in [0.5, 0.6) is 0 Å². The Morgan fingerprint density at radius 1 is 0.941 bits per heavy atom. The van der Waals surface area contributed by atoms with Crippen molar-refractivity contribution in [3.8, 4) is 0 Å². The van der Waals surface area contributed by atoms with Crippen molar-refractivity contribution >= 4 is 0 Å². The van der Waals surface area contributed by atoms with Crippen LogP contribution in [-0.4, -0.2) is 25.8 Å². The predicted octanol–water partition coefficient (Wildman–Crippen LogP) is 4.00. The highest BCUT2D eigenvalue weighted by molar-refractivity contribution is 4.69. The number of nitrogens with one attached hydrogen (secondary N) is 1. The van der Waals surface area contributed by atoms with E-state index in [9.17, 15) is 0 Å². The van der Waals surface area contributed by atoms with Gasteiger partial charge < -0.3 is 10.1 Å². The van der Waals surface area contributed by atoms with E-state index in [1.807, 2.05) is 0 Å². The van der Waals surface area contributed by atoms with Crippen LogP contribution < -0.4 is 5.32 Å². The van der Waals surface area contributed by atoms with Crippen LogP contribution in [0.1, 0.15) is 66.2 Å². The second-order valence-corrected chi connectivity index (χ2v) is 5.29. The first-order chi connectivity index (χ1) is 8.22. The topological polar surface area (TPSA) is 21.3 Å². The molecule has 17 heavy (non-hydrogen) atoms. The standard InChI is InChI=1S/C15H33NO/c1-5-7-8-9-10-12-17-13-15(14(3)4)16-11-6-2/h14-16H,5-13H2,1-4H3. The molecule has 1 N–H and O–H groups in total. The van der Waals surface area contributed by atoms with E-state index in [-0.39, 0.29) is 0 Å². The van der Waals surface area contributed by atoms with Crippen LogP contribution in [-0.2, 0) is 4.74 Å². The zero-order chi connectivity index (χ0) is 12.9. The Morgan fingerprint density at radius 2 is 1.65 bits per heavy atom. The predicted molar refractivity (Wildman–Crippen MR) is 76.5 cm³/mol. The highest BCUT2D eigenvalue weighted by atomic mass is 16.5. The molecule has 0 fully saturated rings. The molecule has 0 aromatic rings. The van der Waals surface area contributed by atoms with Crippen LogP contribution in [0, 0.1) is 5.92 Å². The monoisotopic (exact) mass is 243 g/mol. The Hall–Kier alpha value is -0.0800. The lowest BCUT2D eigenvalue weighted by molar-refractivity contribution is 0.0949. The van der Waals surface area contributed by atoms with Crippen LogP contribution in [0.3, 0.4) is 0 Å². The van der Waals surface area contributed by atoms with Gasteiger partial charge in [-0.3, -0.25) is 0 Å². The summed E-state index contributed by atoms with van der Waals surface area (Å²) in [6, 6.07) is 0.519. The van der Waals surface area contributed by atoms with E-state index in [1.54, 1.807) is 0 Å². The molecule has 0 aromatic heterocycles. The Morgan fingerprint density at radius 3 is 2.24 bits per heavy atom. The molecule has 0 heterocycles. The maximum Gasteiger partial charge on any atom is 0.0622 e. The van der Waals surface area contributed by atoms with Gasteiger partial charge in [-0.05, 0) is 25.3 Å². The van der Waals surface area contributed by atoms with E-state index in [0.29, 0.717) is 12.0 Å². The molecule has 0 bridgehead atoms. The summed E-state index contributed by atoms with van der Waals surface area (Å²) in [5, 5.41) is 3.56. The van der Waals surface area contributed by atoms with Crippen LogP contribution in [0.2, 0.25) is 0 Å². The average Bonchev–Trinajstić information content (AvgIpc) is 2.31. The Kier molecular flexibility index (Phi) is 12.3. The fraction of sp³-hybridized carbons (Fsp3) is 1.00. The molecular weight excluding hydrogens is 210 g/mol. The van der Waals surface area contributed by atoms with Gasteiger partial charge >= 0.3 is 0 Å². The van der Waals surface area contributed by atoms with Crippen molar-refractivity contribution in [3.05, 3.63) is 0 Å². The van der Waals surface area contributed by atoms with Gasteiger partial charge in [0.15, 0.2) is 0 Å². The third kappa shape index (κ3) is 10.8. The van der Waals surface area contributed by atoms with Crippen molar-refractivity contribution in [2.24, 2.45) is 5.92 Å². The maximum absolute atomic E-state index is 5.77. The number of unbranched alkanes of at least 4 members (excludes halogenated alkanes) is 4. The van der Waals surface area contributed by atoms with Crippen LogP contribution in [0.4, 0.5) is 0 Å². The zero-order valence-corrected chi connectivity index (χ0v) is 12.4. The van der Waals surface area contributed by atoms with E-state index >= 15 is 0 Å². The van der Waals surface area contributed by atoms with Gasteiger partial charge in [0.05, 0.1) is 6.61 Å². The molecule has 0 saturated carbocycles. The van der Waals surface area contributed by atoms with Gasteiger partial charge in [0, 0.05) is 12.6 Å². The molecule has 2 heteroatoms. The molecular formula is C15H33NO. The smallest absolute Gasteiger partial charge is 0.0622 e. The van der Waals surface area contributed by atoms with Gasteiger partial charge in [-0.2, -0.15) is 0 Å². The van der Waals surface area contributed by atoms with Crippen molar-refractivity contribution in [3.63, 3.8) is 0 Å². The van der Waals surface area contributed by atoms with Crippen molar-refractivity contribution < 1.29 is 4.74 Å². The first-order valence-electron chi connectivity index (χ1n) is 7.53. The fourth-order valence-electron chi connectivity index (χ4n) is 1.83. The van der Waals surface area contributed by atoms with Gasteiger partial charge in [-0.25, -0.2) is 0 Å². The molecule has 0 rings (SSSR count). The van der Waals surface area contributed by atoms with Crippen LogP contribution >= 0.6 is 0 Å². The lowest BCUT2D eigenvalue weighted by atomic mass is 10.1. The largest absolute Gasteiger partial charge is 0.380 e. The minimum Gasteiger partial charge on any atom is -0.380 e. The number of rotatable bonds is 12. The summed E-state index contributed by atoms with van der Waals surface area (Å²) in [5.41, 5.74) is 0. The molecule has 0 aliphatic heterocycles. The third-order valence-corrected chi connectivity index (χ3v) is 3.15. The maximum atomic E-state index is 5.77. The van der Waals surface area contributed by atoms with Gasteiger partial charge in [-0.15, -0.1) is 0 Å². The van der Waals surface area contributed by atoms with E-state index in [1.165, 1.54) is 38.5 Å². The second kappa shape index (κ2) is 12.4. The van der Waals surface area contributed by atoms with E-state index in [4.69, 9.17) is 4.74 Å². The first kappa shape index (κ1) is 16.9. The number of hydrogen-bond acceptors (Lipinski definition) is 2. The summed E-state index contributed by atoms with van der Waals surface area (Å²) in [7, 11) is 0. The van der Waals surface area contributed by atoms with Crippen molar-refractivity contribution in [2.75, 3.05) is 19.8 Å². The van der Waals surface area contributed by atoms with Crippen molar-refractivity contribution in [2.45, 2.75) is 72.3 Å². The SMILES string of the molecule is CCCCCCCOCC(NCCC)C(C)C. The summed E-state index contributed by atoms with van der Waals surface area (Å²) >= 11 is 0. The highest BCUT2D eigenvalue weighted by Crippen LogP contribution is 2.05. The second-order valence-electron chi connectivity index (χ2n) is 5.29. The van der Waals surface area contributed by atoms with Crippen LogP contribution in [0.15, 0.2) is 0 Å². The van der Waals surface area contributed by atoms with Gasteiger partial charge in [0.25, 0.3) is 0 Å². The number of ether oxygens (including phenoxy) is 1. The van der Waals surface area contributed by atoms with Gasteiger partial charge in [0.2, 0.25) is 0 Å². The Labute approximate surface area is 109 Å². The minimum absolute atomic E-state index is 0.519. The number of hydrogen-bond donors (Lipinski definition) is 1. The normalized spacial score (nSPS) is 13.2. The van der Waals surface area contributed by atoms with Gasteiger partial charge in [-0.1, -0.05) is 53.4 Å². The molecule has 0 saturated heterocycles. The van der Waals surface area contributed by atoms with Crippen molar-refractivity contribution in [1.29, 1.82) is 0 Å². The first-order valence-corrected chi connectivity index (χ1v) is 7.53. The van der Waals surface area contributed by atoms with Gasteiger partial charge in [0.1, 0.15) is 0 Å². The Balaban J connectivity index is 3.41. The minimum atomic E-state index is 0.519. The van der Waals surface area contributed by atoms with Crippen LogP contribution in [0.25, 0.3) is 0 Å². The molecule has 1 unspecified atom stereocenters. The summed E-state index contributed by atoms with van der Waals surface area (Å²) < 4.78 is 5.77. The zero-order valence-electron chi connectivity index (χ0n) is 12.4. The highest BCUT2D eigenvalue weighted by Gasteiger charge is 2.11. The van der Waals surface area contributed by atoms with E-state index in [0.717, 1.165) is 19.8 Å². The lowest BCUT2D eigenvalue weighted by Crippen LogP contribution is -2.38. The summed E-state index contributed by atoms with van der Waals surface area (Å²) in [6.45, 7) is 11.9. The molecule has 0 amide bonds. The lowest BCUT2D eigenvalue weighted by Gasteiger charge is -2.22. The molecule has 0 aliphatic carbocycles. The molecule has 0 spiro atoms. The molecule has 0 aliphatic rings. The molecule has 0 aromatic carbocycles. The fourth-order valence-corrected chi connectivity index (χ4v) is 1.83. The van der Waals surface area contributed by atoms with E-state index in [2.05, 4.69) is 33.0 Å². The molecule has 0 radical (unpaired) electrons. The quantitative estimate of drug-likeness (QED) is 0.523. The molecule has 2 nitrogen and oxygen atoms in total. The average molecular weight is 243 g/mol. The van der Waals surface area contributed by atoms with Crippen molar-refractivity contribution in [1.82, 2.24) is 5.32 Å². The summed E-state index contributed by atoms with van der Waals surface area (Å²) in [6.07, 6.45) is 7.78. The summed E-state index contributed by atoms with van der Waals surface area (Å²) in [5.74, 6) is 0.654. The summed E-state index contributed by atoms with van der Waals surface area (Å²) in [4.78, 5) is 0.